The molecule has 2 rings (SSSR count). The lowest BCUT2D eigenvalue weighted by Crippen LogP contribution is -2.39. The van der Waals surface area contributed by atoms with Crippen molar-refractivity contribution in [3.8, 4) is 0 Å². The number of amides is 1. The van der Waals surface area contributed by atoms with Gasteiger partial charge in [0.2, 0.25) is 5.91 Å². The number of carbonyl (C=O) groups excluding carboxylic acids is 1. The molecule has 1 saturated heterocycles. The van der Waals surface area contributed by atoms with Gasteiger partial charge in [0.05, 0.1) is 6.10 Å². The van der Waals surface area contributed by atoms with E-state index in [2.05, 4.69) is 36.5 Å². The molecule has 3 N–H and O–H groups in total. The third-order valence-electron chi connectivity index (χ3n) is 4.19. The second-order valence-electron chi connectivity index (χ2n) is 5.99. The highest BCUT2D eigenvalue weighted by molar-refractivity contribution is 5.85. The highest BCUT2D eigenvalue weighted by atomic mass is 35.5. The molecule has 1 amide bonds. The number of benzene rings is 1. The van der Waals surface area contributed by atoms with Gasteiger partial charge < -0.3 is 15.8 Å². The summed E-state index contributed by atoms with van der Waals surface area (Å²) in [5, 5.41) is 3.02. The van der Waals surface area contributed by atoms with Gasteiger partial charge in [0.1, 0.15) is 0 Å². The van der Waals surface area contributed by atoms with Gasteiger partial charge in [-0.05, 0) is 25.3 Å². The summed E-state index contributed by atoms with van der Waals surface area (Å²) in [6.07, 6.45) is 2.21. The Labute approximate surface area is 139 Å². The van der Waals surface area contributed by atoms with Crippen molar-refractivity contribution in [3.63, 3.8) is 0 Å². The summed E-state index contributed by atoms with van der Waals surface area (Å²) in [6.45, 7) is 5.76. The summed E-state index contributed by atoms with van der Waals surface area (Å²) < 4.78 is 5.96. The summed E-state index contributed by atoms with van der Waals surface area (Å²) in [6, 6.07) is 8.48. The number of hydrogen-bond donors (Lipinski definition) is 2. The molecular formula is C17H27ClN2O2. The van der Waals surface area contributed by atoms with E-state index in [4.69, 9.17) is 10.5 Å². The Morgan fingerprint density at radius 3 is 2.73 bits per heavy atom. The SMILES string of the molecule is Cc1ccc(C2OCCCC2CNC(=O)C(C)CN)cc1.Cl. The van der Waals surface area contributed by atoms with Gasteiger partial charge >= 0.3 is 0 Å². The second kappa shape index (κ2) is 9.13. The quantitative estimate of drug-likeness (QED) is 0.874. The number of ether oxygens (including phenoxy) is 1. The molecule has 4 nitrogen and oxygen atoms in total. The fourth-order valence-corrected chi connectivity index (χ4v) is 2.69. The lowest BCUT2D eigenvalue weighted by Gasteiger charge is -2.32. The smallest absolute Gasteiger partial charge is 0.224 e. The normalized spacial score (nSPS) is 22.5. The molecule has 0 radical (unpaired) electrons. The number of aryl methyl sites for hydroxylation is 1. The number of rotatable bonds is 5. The fourth-order valence-electron chi connectivity index (χ4n) is 2.69. The zero-order chi connectivity index (χ0) is 15.2. The Bertz CT molecular complexity index is 464. The van der Waals surface area contributed by atoms with Crippen LogP contribution < -0.4 is 11.1 Å². The molecule has 1 aromatic rings. The molecule has 3 unspecified atom stereocenters. The van der Waals surface area contributed by atoms with E-state index in [0.717, 1.165) is 19.4 Å². The van der Waals surface area contributed by atoms with Crippen LogP contribution in [0, 0.1) is 18.8 Å². The lowest BCUT2D eigenvalue weighted by molar-refractivity contribution is -0.125. The van der Waals surface area contributed by atoms with Crippen LogP contribution in [-0.2, 0) is 9.53 Å². The number of halogens is 1. The predicted octanol–water partition coefficient (Wildman–Crippen LogP) is 2.60. The third kappa shape index (κ3) is 4.97. The predicted molar refractivity (Wildman–Crippen MR) is 91.1 cm³/mol. The summed E-state index contributed by atoms with van der Waals surface area (Å²) in [5.41, 5.74) is 7.98. The molecule has 0 spiro atoms. The first-order valence-corrected chi connectivity index (χ1v) is 7.77. The van der Waals surface area contributed by atoms with E-state index in [1.807, 2.05) is 6.92 Å². The van der Waals surface area contributed by atoms with E-state index >= 15 is 0 Å². The Morgan fingerprint density at radius 2 is 2.09 bits per heavy atom. The molecule has 1 heterocycles. The van der Waals surface area contributed by atoms with E-state index in [0.29, 0.717) is 19.0 Å². The molecule has 1 aromatic carbocycles. The number of hydrogen-bond acceptors (Lipinski definition) is 3. The van der Waals surface area contributed by atoms with Crippen LogP contribution in [0.1, 0.15) is 37.0 Å². The van der Waals surface area contributed by atoms with Crippen LogP contribution >= 0.6 is 12.4 Å². The van der Waals surface area contributed by atoms with Gasteiger partial charge in [0.25, 0.3) is 0 Å². The topological polar surface area (TPSA) is 64.3 Å². The molecule has 1 aliphatic rings. The Hall–Kier alpha value is -1.10. The van der Waals surface area contributed by atoms with Gasteiger partial charge in [-0.3, -0.25) is 4.79 Å². The van der Waals surface area contributed by atoms with Crippen LogP contribution in [0.4, 0.5) is 0 Å². The van der Waals surface area contributed by atoms with Crippen LogP contribution in [-0.4, -0.2) is 25.6 Å². The Kier molecular flexibility index (Phi) is 7.87. The monoisotopic (exact) mass is 326 g/mol. The van der Waals surface area contributed by atoms with Crippen molar-refractivity contribution in [1.29, 1.82) is 0 Å². The number of carbonyl (C=O) groups is 1. The minimum Gasteiger partial charge on any atom is -0.373 e. The van der Waals surface area contributed by atoms with E-state index in [1.165, 1.54) is 11.1 Å². The first-order valence-electron chi connectivity index (χ1n) is 7.77. The summed E-state index contributed by atoms with van der Waals surface area (Å²) in [4.78, 5) is 11.9. The van der Waals surface area contributed by atoms with Crippen molar-refractivity contribution in [1.82, 2.24) is 5.32 Å². The maximum atomic E-state index is 11.9. The van der Waals surface area contributed by atoms with Crippen molar-refractivity contribution >= 4 is 18.3 Å². The Morgan fingerprint density at radius 1 is 1.41 bits per heavy atom. The Balaban J connectivity index is 0.00000242. The molecule has 0 aromatic heterocycles. The minimum absolute atomic E-state index is 0. The summed E-state index contributed by atoms with van der Waals surface area (Å²) in [7, 11) is 0. The van der Waals surface area contributed by atoms with Crippen molar-refractivity contribution in [2.45, 2.75) is 32.8 Å². The molecule has 22 heavy (non-hydrogen) atoms. The standard InChI is InChI=1S/C17H26N2O2.ClH/c1-12-5-7-14(8-6-12)16-15(4-3-9-21-16)11-19-17(20)13(2)10-18;/h5-8,13,15-16H,3-4,9-11,18H2,1-2H3,(H,19,20);1H. The van der Waals surface area contributed by atoms with Gasteiger partial charge in [-0.25, -0.2) is 0 Å². The highest BCUT2D eigenvalue weighted by Crippen LogP contribution is 2.33. The summed E-state index contributed by atoms with van der Waals surface area (Å²) >= 11 is 0. The van der Waals surface area contributed by atoms with Crippen molar-refractivity contribution in [2.75, 3.05) is 19.7 Å². The highest BCUT2D eigenvalue weighted by Gasteiger charge is 2.28. The number of nitrogens with two attached hydrogens (primary N) is 1. The zero-order valence-corrected chi connectivity index (χ0v) is 14.2. The molecule has 0 saturated carbocycles. The van der Waals surface area contributed by atoms with Crippen molar-refractivity contribution in [3.05, 3.63) is 35.4 Å². The van der Waals surface area contributed by atoms with Crippen molar-refractivity contribution in [2.24, 2.45) is 17.6 Å². The van der Waals surface area contributed by atoms with Gasteiger partial charge in [-0.15, -0.1) is 12.4 Å². The van der Waals surface area contributed by atoms with Gasteiger partial charge in [-0.2, -0.15) is 0 Å². The largest absolute Gasteiger partial charge is 0.373 e. The maximum Gasteiger partial charge on any atom is 0.224 e. The zero-order valence-electron chi connectivity index (χ0n) is 13.4. The molecule has 0 aliphatic carbocycles. The van der Waals surface area contributed by atoms with Gasteiger partial charge in [0.15, 0.2) is 0 Å². The lowest BCUT2D eigenvalue weighted by atomic mass is 9.89. The molecule has 3 atom stereocenters. The molecule has 5 heteroatoms. The van der Waals surface area contributed by atoms with Crippen molar-refractivity contribution < 1.29 is 9.53 Å². The molecule has 1 fully saturated rings. The van der Waals surface area contributed by atoms with Crippen LogP contribution in [0.15, 0.2) is 24.3 Å². The van der Waals surface area contributed by atoms with Gasteiger partial charge in [-0.1, -0.05) is 36.8 Å². The fraction of sp³-hybridized carbons (Fsp3) is 0.588. The van der Waals surface area contributed by atoms with Crippen LogP contribution in [0.5, 0.6) is 0 Å². The summed E-state index contributed by atoms with van der Waals surface area (Å²) in [5.74, 6) is 0.230. The van der Waals surface area contributed by atoms with E-state index in [9.17, 15) is 4.79 Å². The molecule has 124 valence electrons. The van der Waals surface area contributed by atoms with Crippen LogP contribution in [0.2, 0.25) is 0 Å². The molecule has 0 bridgehead atoms. The first-order chi connectivity index (χ1) is 10.1. The maximum absolute atomic E-state index is 11.9. The van der Waals surface area contributed by atoms with E-state index in [-0.39, 0.29) is 30.3 Å². The van der Waals surface area contributed by atoms with Crippen LogP contribution in [0.25, 0.3) is 0 Å². The third-order valence-corrected chi connectivity index (χ3v) is 4.19. The number of nitrogens with one attached hydrogen (secondary N) is 1. The first kappa shape index (κ1) is 18.9. The van der Waals surface area contributed by atoms with E-state index in [1.54, 1.807) is 0 Å². The molecular weight excluding hydrogens is 300 g/mol. The van der Waals surface area contributed by atoms with Gasteiger partial charge in [0, 0.05) is 31.5 Å². The average Bonchev–Trinajstić information content (AvgIpc) is 2.53. The van der Waals surface area contributed by atoms with Crippen LogP contribution in [0.3, 0.4) is 0 Å². The second-order valence-corrected chi connectivity index (χ2v) is 5.99. The molecule has 1 aliphatic heterocycles. The average molecular weight is 327 g/mol. The van der Waals surface area contributed by atoms with E-state index < -0.39 is 0 Å². The minimum atomic E-state index is -0.132.